The smallest absolute Gasteiger partial charge is 0.252 e. The molecule has 0 radical (unpaired) electrons. The number of carbonyl (C=O) groups excluding carboxylic acids is 1. The molecule has 0 fully saturated rings. The van der Waals surface area contributed by atoms with Crippen LogP contribution in [0.2, 0.25) is 0 Å². The summed E-state index contributed by atoms with van der Waals surface area (Å²) in [6.07, 6.45) is 0. The molecule has 0 aliphatic carbocycles. The quantitative estimate of drug-likeness (QED) is 0.797. The van der Waals surface area contributed by atoms with Gasteiger partial charge in [-0.1, -0.05) is 12.1 Å². The summed E-state index contributed by atoms with van der Waals surface area (Å²) in [5.41, 5.74) is 5.52. The van der Waals surface area contributed by atoms with Crippen molar-refractivity contribution in [2.24, 2.45) is 5.73 Å². The zero-order valence-electron chi connectivity index (χ0n) is 12.0. The van der Waals surface area contributed by atoms with Gasteiger partial charge in [0.1, 0.15) is 24.7 Å². The van der Waals surface area contributed by atoms with Crippen LogP contribution in [-0.4, -0.2) is 26.2 Å². The van der Waals surface area contributed by atoms with Crippen LogP contribution in [0.4, 0.5) is 4.39 Å². The van der Waals surface area contributed by atoms with Crippen LogP contribution in [-0.2, 0) is 0 Å². The van der Waals surface area contributed by atoms with Crippen LogP contribution >= 0.6 is 0 Å². The standard InChI is InChI=1S/C16H16FNO4/c1-20-11-6-7-12(16(18)19)15(10-11)22-9-8-21-14-5-3-2-4-13(14)17/h2-7,10H,8-9H2,1H3,(H2,18,19). The van der Waals surface area contributed by atoms with E-state index in [2.05, 4.69) is 0 Å². The van der Waals surface area contributed by atoms with Crippen LogP contribution in [0, 0.1) is 5.82 Å². The van der Waals surface area contributed by atoms with Gasteiger partial charge in [-0.15, -0.1) is 0 Å². The van der Waals surface area contributed by atoms with E-state index in [9.17, 15) is 9.18 Å². The van der Waals surface area contributed by atoms with Crippen molar-refractivity contribution in [1.82, 2.24) is 0 Å². The number of halogens is 1. The topological polar surface area (TPSA) is 70.8 Å². The molecule has 2 aromatic carbocycles. The van der Waals surface area contributed by atoms with E-state index in [4.69, 9.17) is 19.9 Å². The second-order valence-electron chi connectivity index (χ2n) is 4.35. The van der Waals surface area contributed by atoms with Gasteiger partial charge in [0.25, 0.3) is 5.91 Å². The second-order valence-corrected chi connectivity index (χ2v) is 4.35. The monoisotopic (exact) mass is 305 g/mol. The Morgan fingerprint density at radius 3 is 2.41 bits per heavy atom. The first-order chi connectivity index (χ1) is 10.6. The predicted octanol–water partition coefficient (Wildman–Crippen LogP) is 2.39. The molecule has 22 heavy (non-hydrogen) atoms. The van der Waals surface area contributed by atoms with E-state index in [0.29, 0.717) is 11.5 Å². The lowest BCUT2D eigenvalue weighted by molar-refractivity contribution is 0.0995. The Morgan fingerprint density at radius 1 is 1.09 bits per heavy atom. The number of nitrogens with two attached hydrogens (primary N) is 1. The van der Waals surface area contributed by atoms with Crippen LogP contribution < -0.4 is 19.9 Å². The van der Waals surface area contributed by atoms with Gasteiger partial charge in [-0.05, 0) is 24.3 Å². The van der Waals surface area contributed by atoms with Crippen LogP contribution in [0.3, 0.4) is 0 Å². The van der Waals surface area contributed by atoms with Gasteiger partial charge in [0.15, 0.2) is 11.6 Å². The molecule has 2 N–H and O–H groups in total. The van der Waals surface area contributed by atoms with Gasteiger partial charge in [0.05, 0.1) is 12.7 Å². The first kappa shape index (κ1) is 15.6. The van der Waals surface area contributed by atoms with E-state index in [-0.39, 0.29) is 24.5 Å². The normalized spacial score (nSPS) is 10.1. The van der Waals surface area contributed by atoms with E-state index in [0.717, 1.165) is 0 Å². The van der Waals surface area contributed by atoms with E-state index in [1.54, 1.807) is 24.3 Å². The molecule has 0 aromatic heterocycles. The molecular weight excluding hydrogens is 289 g/mol. The Kier molecular flexibility index (Phi) is 5.19. The van der Waals surface area contributed by atoms with Crippen molar-refractivity contribution in [3.05, 3.63) is 53.8 Å². The Morgan fingerprint density at radius 2 is 1.77 bits per heavy atom. The summed E-state index contributed by atoms with van der Waals surface area (Å²) in [5.74, 6) is -0.0692. The Bertz CT molecular complexity index is 660. The first-order valence-electron chi connectivity index (χ1n) is 6.60. The summed E-state index contributed by atoms with van der Waals surface area (Å²) in [6.45, 7) is 0.248. The lowest BCUT2D eigenvalue weighted by atomic mass is 10.2. The number of benzene rings is 2. The molecule has 0 atom stereocenters. The fourth-order valence-electron chi connectivity index (χ4n) is 1.82. The molecular formula is C16H16FNO4. The number of para-hydroxylation sites is 1. The van der Waals surface area contributed by atoms with Crippen molar-refractivity contribution in [1.29, 1.82) is 0 Å². The molecule has 116 valence electrons. The number of hydrogen-bond acceptors (Lipinski definition) is 4. The van der Waals surface area contributed by atoms with Crippen molar-refractivity contribution in [2.45, 2.75) is 0 Å². The van der Waals surface area contributed by atoms with Crippen molar-refractivity contribution < 1.29 is 23.4 Å². The maximum absolute atomic E-state index is 13.4. The largest absolute Gasteiger partial charge is 0.497 e. The molecule has 2 rings (SSSR count). The predicted molar refractivity (Wildman–Crippen MR) is 78.9 cm³/mol. The van der Waals surface area contributed by atoms with Crippen molar-refractivity contribution in [3.8, 4) is 17.2 Å². The van der Waals surface area contributed by atoms with Crippen molar-refractivity contribution in [3.63, 3.8) is 0 Å². The average molecular weight is 305 g/mol. The molecule has 6 heteroatoms. The molecule has 0 saturated heterocycles. The average Bonchev–Trinajstić information content (AvgIpc) is 2.52. The van der Waals surface area contributed by atoms with E-state index in [1.807, 2.05) is 0 Å². The van der Waals surface area contributed by atoms with E-state index >= 15 is 0 Å². The zero-order chi connectivity index (χ0) is 15.9. The number of methoxy groups -OCH3 is 1. The number of rotatable bonds is 7. The van der Waals surface area contributed by atoms with Gasteiger partial charge in [-0.25, -0.2) is 4.39 Å². The molecule has 5 nitrogen and oxygen atoms in total. The van der Waals surface area contributed by atoms with Crippen molar-refractivity contribution in [2.75, 3.05) is 20.3 Å². The summed E-state index contributed by atoms with van der Waals surface area (Å²) < 4.78 is 29.2. The van der Waals surface area contributed by atoms with E-state index in [1.165, 1.54) is 25.3 Å². The molecule has 0 heterocycles. The molecule has 1 amide bonds. The summed E-state index contributed by atoms with van der Waals surface area (Å²) >= 11 is 0. The lowest BCUT2D eigenvalue weighted by Gasteiger charge is -2.12. The summed E-state index contributed by atoms with van der Waals surface area (Å²) in [6, 6.07) is 10.8. The maximum Gasteiger partial charge on any atom is 0.252 e. The molecule has 0 saturated carbocycles. The Labute approximate surface area is 127 Å². The first-order valence-corrected chi connectivity index (χ1v) is 6.60. The maximum atomic E-state index is 13.4. The SMILES string of the molecule is COc1ccc(C(N)=O)c(OCCOc2ccccc2F)c1. The van der Waals surface area contributed by atoms with Gasteiger partial charge in [0.2, 0.25) is 0 Å². The minimum Gasteiger partial charge on any atom is -0.497 e. The minimum atomic E-state index is -0.604. The van der Waals surface area contributed by atoms with Gasteiger partial charge in [-0.3, -0.25) is 4.79 Å². The van der Waals surface area contributed by atoms with Gasteiger partial charge in [0, 0.05) is 6.07 Å². The molecule has 0 aliphatic heterocycles. The third-order valence-corrected chi connectivity index (χ3v) is 2.89. The Hall–Kier alpha value is -2.76. The zero-order valence-corrected chi connectivity index (χ0v) is 12.0. The summed E-state index contributed by atoms with van der Waals surface area (Å²) in [4.78, 5) is 11.3. The fraction of sp³-hybridized carbons (Fsp3) is 0.188. The van der Waals surface area contributed by atoms with Gasteiger partial charge < -0.3 is 19.9 Å². The third kappa shape index (κ3) is 3.88. The second kappa shape index (κ2) is 7.31. The highest BCUT2D eigenvalue weighted by Gasteiger charge is 2.11. The van der Waals surface area contributed by atoms with Crippen LogP contribution in [0.25, 0.3) is 0 Å². The van der Waals surface area contributed by atoms with Crippen LogP contribution in [0.5, 0.6) is 17.2 Å². The number of carbonyl (C=O) groups is 1. The fourth-order valence-corrected chi connectivity index (χ4v) is 1.82. The van der Waals surface area contributed by atoms with Gasteiger partial charge >= 0.3 is 0 Å². The third-order valence-electron chi connectivity index (χ3n) is 2.89. The number of ether oxygens (including phenoxy) is 3. The van der Waals surface area contributed by atoms with E-state index < -0.39 is 11.7 Å². The van der Waals surface area contributed by atoms with Crippen molar-refractivity contribution >= 4 is 5.91 Å². The highest BCUT2D eigenvalue weighted by Crippen LogP contribution is 2.24. The Balaban J connectivity index is 1.96. The summed E-state index contributed by atoms with van der Waals surface area (Å²) in [7, 11) is 1.50. The highest BCUT2D eigenvalue weighted by atomic mass is 19.1. The lowest BCUT2D eigenvalue weighted by Crippen LogP contribution is -2.15. The molecule has 0 unspecified atom stereocenters. The van der Waals surface area contributed by atoms with Crippen LogP contribution in [0.1, 0.15) is 10.4 Å². The van der Waals surface area contributed by atoms with Gasteiger partial charge in [-0.2, -0.15) is 0 Å². The highest BCUT2D eigenvalue weighted by molar-refractivity contribution is 5.95. The molecule has 0 aliphatic rings. The minimum absolute atomic E-state index is 0.121. The molecule has 2 aromatic rings. The number of primary amides is 1. The molecule has 0 spiro atoms. The number of hydrogen-bond donors (Lipinski definition) is 1. The summed E-state index contributed by atoms with van der Waals surface area (Å²) in [5, 5.41) is 0. The number of amides is 1. The molecule has 0 bridgehead atoms. The van der Waals surface area contributed by atoms with Crippen LogP contribution in [0.15, 0.2) is 42.5 Å².